The lowest BCUT2D eigenvalue weighted by atomic mass is 10.1. The Morgan fingerprint density at radius 1 is 1.40 bits per heavy atom. The van der Waals surface area contributed by atoms with Crippen LogP contribution in [0.2, 0.25) is 10.0 Å². The first-order valence-electron chi connectivity index (χ1n) is 5.93. The van der Waals surface area contributed by atoms with Crippen molar-refractivity contribution in [3.05, 3.63) is 51.4 Å². The Kier molecular flexibility index (Phi) is 4.26. The van der Waals surface area contributed by atoms with E-state index >= 15 is 0 Å². The van der Waals surface area contributed by atoms with Crippen LogP contribution in [0, 0.1) is 6.92 Å². The largest absolute Gasteiger partial charge is 0.469 e. The number of carbonyl (C=O) groups excluding carboxylic acids is 1. The van der Waals surface area contributed by atoms with Gasteiger partial charge in [-0.15, -0.1) is 0 Å². The van der Waals surface area contributed by atoms with E-state index in [9.17, 15) is 4.79 Å². The molecule has 0 unspecified atom stereocenters. The van der Waals surface area contributed by atoms with Gasteiger partial charge in [0, 0.05) is 24.7 Å². The first-order valence-corrected chi connectivity index (χ1v) is 6.68. The van der Waals surface area contributed by atoms with Crippen LogP contribution < -0.4 is 5.73 Å². The minimum absolute atomic E-state index is 0.184. The van der Waals surface area contributed by atoms with Crippen LogP contribution in [0.5, 0.6) is 0 Å². The number of hydrogen-bond donors (Lipinski definition) is 1. The maximum atomic E-state index is 12.3. The number of nitrogens with two attached hydrogens (primary N) is 1. The van der Waals surface area contributed by atoms with Crippen LogP contribution in [-0.4, -0.2) is 17.9 Å². The number of anilines is 1. The molecule has 1 amide bonds. The molecule has 0 aliphatic carbocycles. The van der Waals surface area contributed by atoms with Crippen LogP contribution in [0.1, 0.15) is 21.7 Å². The summed E-state index contributed by atoms with van der Waals surface area (Å²) in [7, 11) is 1.70. The van der Waals surface area contributed by atoms with Gasteiger partial charge in [0.2, 0.25) is 0 Å². The quantitative estimate of drug-likeness (QED) is 0.878. The number of amides is 1. The van der Waals surface area contributed by atoms with Crippen molar-refractivity contribution in [2.24, 2.45) is 0 Å². The Balaban J connectivity index is 2.21. The third-order valence-corrected chi connectivity index (χ3v) is 3.84. The SMILES string of the molecule is Cc1occc1CN(C)C(=O)c1cc(N)c(Cl)c(Cl)c1. The van der Waals surface area contributed by atoms with Gasteiger partial charge in [-0.1, -0.05) is 23.2 Å². The molecule has 0 bridgehead atoms. The lowest BCUT2D eigenvalue weighted by Crippen LogP contribution is -2.26. The second-order valence-corrected chi connectivity index (χ2v) is 5.31. The fourth-order valence-electron chi connectivity index (χ4n) is 1.86. The van der Waals surface area contributed by atoms with Crippen LogP contribution in [0.3, 0.4) is 0 Å². The summed E-state index contributed by atoms with van der Waals surface area (Å²) in [4.78, 5) is 13.9. The highest BCUT2D eigenvalue weighted by Crippen LogP contribution is 2.30. The lowest BCUT2D eigenvalue weighted by Gasteiger charge is -2.17. The topological polar surface area (TPSA) is 59.5 Å². The molecule has 0 aliphatic heterocycles. The van der Waals surface area contributed by atoms with Crippen molar-refractivity contribution in [2.75, 3.05) is 12.8 Å². The maximum Gasteiger partial charge on any atom is 0.254 e. The van der Waals surface area contributed by atoms with Crippen LogP contribution >= 0.6 is 23.2 Å². The zero-order chi connectivity index (χ0) is 14.9. The first kappa shape index (κ1) is 14.8. The summed E-state index contributed by atoms with van der Waals surface area (Å²) < 4.78 is 5.21. The van der Waals surface area contributed by atoms with Crippen molar-refractivity contribution < 1.29 is 9.21 Å². The zero-order valence-electron chi connectivity index (χ0n) is 11.1. The van der Waals surface area contributed by atoms with Gasteiger partial charge in [0.1, 0.15) is 5.76 Å². The van der Waals surface area contributed by atoms with Gasteiger partial charge in [0.15, 0.2) is 0 Å². The fourth-order valence-corrected chi connectivity index (χ4v) is 2.19. The van der Waals surface area contributed by atoms with Crippen molar-refractivity contribution in [1.82, 2.24) is 4.90 Å². The molecule has 0 aliphatic rings. The Labute approximate surface area is 127 Å². The van der Waals surface area contributed by atoms with Crippen molar-refractivity contribution in [1.29, 1.82) is 0 Å². The van der Waals surface area contributed by atoms with E-state index < -0.39 is 0 Å². The third kappa shape index (κ3) is 2.92. The molecule has 6 heteroatoms. The van der Waals surface area contributed by atoms with E-state index in [1.54, 1.807) is 18.2 Å². The summed E-state index contributed by atoms with van der Waals surface area (Å²) in [6, 6.07) is 4.87. The third-order valence-electron chi connectivity index (χ3n) is 3.02. The van der Waals surface area contributed by atoms with Crippen LogP contribution in [0.4, 0.5) is 5.69 Å². The molecule has 1 aromatic carbocycles. The molecule has 2 rings (SSSR count). The van der Waals surface area contributed by atoms with Gasteiger partial charge < -0.3 is 15.1 Å². The fraction of sp³-hybridized carbons (Fsp3) is 0.214. The van der Waals surface area contributed by atoms with Gasteiger partial charge in [-0.2, -0.15) is 0 Å². The Morgan fingerprint density at radius 2 is 2.10 bits per heavy atom. The number of nitrogens with zero attached hydrogens (tertiary/aromatic N) is 1. The van der Waals surface area contributed by atoms with E-state index in [0.717, 1.165) is 11.3 Å². The van der Waals surface area contributed by atoms with E-state index in [2.05, 4.69) is 0 Å². The van der Waals surface area contributed by atoms with Gasteiger partial charge in [-0.25, -0.2) is 0 Å². The highest BCUT2D eigenvalue weighted by Gasteiger charge is 2.16. The Bertz CT molecular complexity index is 629. The van der Waals surface area contributed by atoms with Crippen LogP contribution in [-0.2, 0) is 6.54 Å². The Morgan fingerprint density at radius 3 is 2.65 bits per heavy atom. The summed E-state index contributed by atoms with van der Waals surface area (Å²) in [5.41, 5.74) is 7.36. The highest BCUT2D eigenvalue weighted by molar-refractivity contribution is 6.43. The van der Waals surface area contributed by atoms with Crippen LogP contribution in [0.15, 0.2) is 28.9 Å². The molecule has 2 N–H and O–H groups in total. The molecule has 106 valence electrons. The molecular formula is C14H14Cl2N2O2. The smallest absolute Gasteiger partial charge is 0.254 e. The summed E-state index contributed by atoms with van der Waals surface area (Å²) in [6.45, 7) is 2.30. The molecule has 0 atom stereocenters. The van der Waals surface area contributed by atoms with E-state index in [-0.39, 0.29) is 21.6 Å². The average Bonchev–Trinajstić information content (AvgIpc) is 2.80. The molecule has 0 fully saturated rings. The summed E-state index contributed by atoms with van der Waals surface area (Å²) >= 11 is 11.8. The predicted molar refractivity (Wildman–Crippen MR) is 80.1 cm³/mol. The van der Waals surface area contributed by atoms with Crippen molar-refractivity contribution in [3.8, 4) is 0 Å². The van der Waals surface area contributed by atoms with E-state index in [1.807, 2.05) is 13.0 Å². The lowest BCUT2D eigenvalue weighted by molar-refractivity contribution is 0.0784. The number of aryl methyl sites for hydroxylation is 1. The van der Waals surface area contributed by atoms with Crippen LogP contribution in [0.25, 0.3) is 0 Å². The number of benzene rings is 1. The van der Waals surface area contributed by atoms with Gasteiger partial charge in [-0.05, 0) is 25.1 Å². The number of rotatable bonds is 3. The molecule has 0 saturated heterocycles. The highest BCUT2D eigenvalue weighted by atomic mass is 35.5. The molecule has 2 aromatic rings. The summed E-state index contributed by atoms with van der Waals surface area (Å²) in [6.07, 6.45) is 1.60. The first-order chi connectivity index (χ1) is 9.40. The van der Waals surface area contributed by atoms with E-state index in [4.69, 9.17) is 33.4 Å². The molecular weight excluding hydrogens is 299 g/mol. The minimum Gasteiger partial charge on any atom is -0.469 e. The molecule has 1 aromatic heterocycles. The maximum absolute atomic E-state index is 12.3. The zero-order valence-corrected chi connectivity index (χ0v) is 12.6. The van der Waals surface area contributed by atoms with Gasteiger partial charge >= 0.3 is 0 Å². The van der Waals surface area contributed by atoms with E-state index in [1.165, 1.54) is 12.1 Å². The molecule has 0 saturated carbocycles. The normalized spacial score (nSPS) is 10.6. The Hall–Kier alpha value is -1.65. The second kappa shape index (κ2) is 5.77. The number of halogens is 2. The average molecular weight is 313 g/mol. The van der Waals surface area contributed by atoms with Gasteiger partial charge in [0.05, 0.1) is 22.0 Å². The molecule has 20 heavy (non-hydrogen) atoms. The molecule has 0 radical (unpaired) electrons. The standard InChI is InChI=1S/C14H14Cl2N2O2/c1-8-9(3-4-20-8)7-18(2)14(19)10-5-11(15)13(16)12(17)6-10/h3-6H,7,17H2,1-2H3. The predicted octanol–water partition coefficient (Wildman–Crippen LogP) is 3.75. The van der Waals surface area contributed by atoms with Crippen molar-refractivity contribution in [3.63, 3.8) is 0 Å². The van der Waals surface area contributed by atoms with Crippen molar-refractivity contribution >= 4 is 34.8 Å². The number of hydrogen-bond acceptors (Lipinski definition) is 3. The van der Waals surface area contributed by atoms with E-state index in [0.29, 0.717) is 12.1 Å². The monoisotopic (exact) mass is 312 g/mol. The molecule has 0 spiro atoms. The second-order valence-electron chi connectivity index (χ2n) is 4.52. The minimum atomic E-state index is -0.184. The number of furan rings is 1. The summed E-state index contributed by atoms with van der Waals surface area (Å²) in [5.74, 6) is 0.606. The number of nitrogen functional groups attached to an aromatic ring is 1. The molecule has 1 heterocycles. The number of carbonyl (C=O) groups is 1. The molecule has 4 nitrogen and oxygen atoms in total. The van der Waals surface area contributed by atoms with Gasteiger partial charge in [-0.3, -0.25) is 4.79 Å². The summed E-state index contributed by atoms with van der Waals surface area (Å²) in [5, 5.41) is 0.527. The van der Waals surface area contributed by atoms with Crippen molar-refractivity contribution in [2.45, 2.75) is 13.5 Å². The van der Waals surface area contributed by atoms with Gasteiger partial charge in [0.25, 0.3) is 5.91 Å².